The highest BCUT2D eigenvalue weighted by atomic mass is 35.5. The van der Waals surface area contributed by atoms with E-state index in [0.717, 1.165) is 12.1 Å². The second kappa shape index (κ2) is 6.67. The van der Waals surface area contributed by atoms with E-state index >= 15 is 0 Å². The Morgan fingerprint density at radius 3 is 2.27 bits per heavy atom. The van der Waals surface area contributed by atoms with Gasteiger partial charge in [0.1, 0.15) is 17.2 Å². The van der Waals surface area contributed by atoms with Crippen LogP contribution in [0.25, 0.3) is 0 Å². The van der Waals surface area contributed by atoms with Gasteiger partial charge in [-0.05, 0) is 37.3 Å². The van der Waals surface area contributed by atoms with Crippen molar-refractivity contribution in [3.8, 4) is 17.2 Å². The summed E-state index contributed by atoms with van der Waals surface area (Å²) in [6.07, 6.45) is -4.45. The van der Waals surface area contributed by atoms with E-state index in [1.165, 1.54) is 6.07 Å². The van der Waals surface area contributed by atoms with Crippen molar-refractivity contribution in [1.29, 1.82) is 0 Å². The number of alkyl halides is 3. The molecule has 0 aliphatic heterocycles. The highest BCUT2D eigenvalue weighted by Gasteiger charge is 2.31. The smallest absolute Gasteiger partial charge is 0.416 e. The third kappa shape index (κ3) is 3.99. The first-order valence-electron chi connectivity index (χ1n) is 6.28. The van der Waals surface area contributed by atoms with Crippen molar-refractivity contribution in [3.05, 3.63) is 52.0 Å². The molecular weight excluding hydrogens is 340 g/mol. The summed E-state index contributed by atoms with van der Waals surface area (Å²) in [6.45, 7) is 2.22. The maximum Gasteiger partial charge on any atom is 0.416 e. The molecule has 0 heterocycles. The molecule has 0 atom stereocenters. The molecule has 0 aliphatic carbocycles. The van der Waals surface area contributed by atoms with E-state index in [1.807, 2.05) is 0 Å². The molecule has 0 aromatic heterocycles. The SMILES string of the molecule is CCOc1cc(Oc2ccc(C(F)(F)F)cc2Cl)ccc1Cl. The van der Waals surface area contributed by atoms with Crippen molar-refractivity contribution >= 4 is 23.2 Å². The molecule has 0 amide bonds. The Balaban J connectivity index is 2.26. The normalized spacial score (nSPS) is 11.4. The third-order valence-electron chi connectivity index (χ3n) is 2.69. The van der Waals surface area contributed by atoms with E-state index in [1.54, 1.807) is 25.1 Å². The Kier molecular flexibility index (Phi) is 5.08. The van der Waals surface area contributed by atoms with E-state index in [9.17, 15) is 13.2 Å². The summed E-state index contributed by atoms with van der Waals surface area (Å²) in [5.41, 5.74) is -0.837. The summed E-state index contributed by atoms with van der Waals surface area (Å²) in [7, 11) is 0. The maximum atomic E-state index is 12.6. The molecule has 0 bridgehead atoms. The largest absolute Gasteiger partial charge is 0.492 e. The minimum absolute atomic E-state index is 0.111. The van der Waals surface area contributed by atoms with Gasteiger partial charge in [0.05, 0.1) is 22.2 Å². The fourth-order valence-corrected chi connectivity index (χ4v) is 2.09. The molecule has 0 unspecified atom stereocenters. The summed E-state index contributed by atoms with van der Waals surface area (Å²) in [6, 6.07) is 7.56. The number of hydrogen-bond acceptors (Lipinski definition) is 2. The lowest BCUT2D eigenvalue weighted by Gasteiger charge is -2.12. The van der Waals surface area contributed by atoms with Gasteiger partial charge in [0.2, 0.25) is 0 Å². The fourth-order valence-electron chi connectivity index (χ4n) is 1.70. The van der Waals surface area contributed by atoms with Crippen LogP contribution in [0.4, 0.5) is 13.2 Å². The molecule has 2 nitrogen and oxygen atoms in total. The number of benzene rings is 2. The highest BCUT2D eigenvalue weighted by Crippen LogP contribution is 2.37. The monoisotopic (exact) mass is 350 g/mol. The van der Waals surface area contributed by atoms with Gasteiger partial charge in [-0.15, -0.1) is 0 Å². The fraction of sp³-hybridized carbons (Fsp3) is 0.200. The van der Waals surface area contributed by atoms with Crippen LogP contribution in [0.2, 0.25) is 10.0 Å². The second-order valence-electron chi connectivity index (χ2n) is 4.27. The predicted molar refractivity (Wildman–Crippen MR) is 79.1 cm³/mol. The molecule has 0 spiro atoms. The van der Waals surface area contributed by atoms with Gasteiger partial charge in [0.15, 0.2) is 0 Å². The molecule has 2 aromatic rings. The molecule has 0 radical (unpaired) electrons. The van der Waals surface area contributed by atoms with E-state index < -0.39 is 11.7 Å². The summed E-state index contributed by atoms with van der Waals surface area (Å²) >= 11 is 11.8. The van der Waals surface area contributed by atoms with Crippen LogP contribution in [0.15, 0.2) is 36.4 Å². The molecule has 2 aromatic carbocycles. The lowest BCUT2D eigenvalue weighted by molar-refractivity contribution is -0.137. The number of ether oxygens (including phenoxy) is 2. The first kappa shape index (κ1) is 16.8. The van der Waals surface area contributed by atoms with Crippen LogP contribution in [0, 0.1) is 0 Å². The van der Waals surface area contributed by atoms with E-state index in [0.29, 0.717) is 23.1 Å². The minimum Gasteiger partial charge on any atom is -0.492 e. The Labute approximate surface area is 135 Å². The van der Waals surface area contributed by atoms with Crippen LogP contribution >= 0.6 is 23.2 Å². The Morgan fingerprint density at radius 2 is 1.68 bits per heavy atom. The lowest BCUT2D eigenvalue weighted by Crippen LogP contribution is -2.04. The Bertz CT molecular complexity index is 672. The zero-order chi connectivity index (χ0) is 16.3. The van der Waals surface area contributed by atoms with Crippen molar-refractivity contribution in [2.45, 2.75) is 13.1 Å². The minimum atomic E-state index is -4.45. The number of rotatable bonds is 4. The van der Waals surface area contributed by atoms with Crippen LogP contribution in [-0.4, -0.2) is 6.61 Å². The van der Waals surface area contributed by atoms with Gasteiger partial charge < -0.3 is 9.47 Å². The number of hydrogen-bond donors (Lipinski definition) is 0. The topological polar surface area (TPSA) is 18.5 Å². The third-order valence-corrected chi connectivity index (χ3v) is 3.30. The average molecular weight is 351 g/mol. The van der Waals surface area contributed by atoms with E-state index in [2.05, 4.69) is 0 Å². The van der Waals surface area contributed by atoms with E-state index in [4.69, 9.17) is 32.7 Å². The van der Waals surface area contributed by atoms with Gasteiger partial charge in [-0.3, -0.25) is 0 Å². The predicted octanol–water partition coefficient (Wildman–Crippen LogP) is 6.20. The zero-order valence-corrected chi connectivity index (χ0v) is 12.9. The van der Waals surface area contributed by atoms with E-state index in [-0.39, 0.29) is 10.8 Å². The van der Waals surface area contributed by atoms with Gasteiger partial charge in [-0.25, -0.2) is 0 Å². The van der Waals surface area contributed by atoms with Crippen molar-refractivity contribution in [1.82, 2.24) is 0 Å². The first-order chi connectivity index (χ1) is 10.3. The van der Waals surface area contributed by atoms with Crippen LogP contribution < -0.4 is 9.47 Å². The van der Waals surface area contributed by atoms with Crippen LogP contribution in [0.5, 0.6) is 17.2 Å². The molecule has 0 saturated carbocycles. The van der Waals surface area contributed by atoms with Gasteiger partial charge in [-0.2, -0.15) is 13.2 Å². The molecule has 7 heteroatoms. The molecule has 0 N–H and O–H groups in total. The van der Waals surface area contributed by atoms with Crippen LogP contribution in [-0.2, 0) is 6.18 Å². The summed E-state index contributed by atoms with van der Waals surface area (Å²) in [4.78, 5) is 0. The van der Waals surface area contributed by atoms with Crippen molar-refractivity contribution in [2.75, 3.05) is 6.61 Å². The standard InChI is InChI=1S/C15H11Cl2F3O2/c1-2-21-14-8-10(4-5-11(14)16)22-13-6-3-9(7-12(13)17)15(18,19)20/h3-8H,2H2,1H3. The summed E-state index contributed by atoms with van der Waals surface area (Å²) in [5.74, 6) is 0.888. The average Bonchev–Trinajstić information content (AvgIpc) is 2.44. The van der Waals surface area contributed by atoms with Gasteiger partial charge in [0.25, 0.3) is 0 Å². The molecule has 0 saturated heterocycles. The van der Waals surface area contributed by atoms with Gasteiger partial charge >= 0.3 is 6.18 Å². The molecule has 0 aliphatic rings. The van der Waals surface area contributed by atoms with Gasteiger partial charge in [-0.1, -0.05) is 23.2 Å². The molecular formula is C15H11Cl2F3O2. The second-order valence-corrected chi connectivity index (χ2v) is 5.08. The van der Waals surface area contributed by atoms with Crippen molar-refractivity contribution in [2.24, 2.45) is 0 Å². The Hall–Kier alpha value is -1.59. The summed E-state index contributed by atoms with van der Waals surface area (Å²) in [5, 5.41) is 0.274. The lowest BCUT2D eigenvalue weighted by atomic mass is 10.2. The van der Waals surface area contributed by atoms with Crippen LogP contribution in [0.1, 0.15) is 12.5 Å². The molecule has 0 fully saturated rings. The summed E-state index contributed by atoms with van der Waals surface area (Å²) < 4.78 is 48.5. The first-order valence-corrected chi connectivity index (χ1v) is 7.04. The molecule has 118 valence electrons. The quantitative estimate of drug-likeness (QED) is 0.653. The molecule has 22 heavy (non-hydrogen) atoms. The van der Waals surface area contributed by atoms with Gasteiger partial charge in [0, 0.05) is 6.07 Å². The highest BCUT2D eigenvalue weighted by molar-refractivity contribution is 6.32. The van der Waals surface area contributed by atoms with Crippen LogP contribution in [0.3, 0.4) is 0 Å². The maximum absolute atomic E-state index is 12.6. The zero-order valence-electron chi connectivity index (χ0n) is 11.4. The Morgan fingerprint density at radius 1 is 0.955 bits per heavy atom. The number of halogens is 5. The van der Waals surface area contributed by atoms with Crippen molar-refractivity contribution in [3.63, 3.8) is 0 Å². The van der Waals surface area contributed by atoms with Crippen molar-refractivity contribution < 1.29 is 22.6 Å². The molecule has 2 rings (SSSR count).